The molecular weight excluding hydrogens is 404 g/mol. The number of methoxy groups -OCH3 is 1. The van der Waals surface area contributed by atoms with Crippen LogP contribution >= 0.6 is 0 Å². The molecule has 160 valence electrons. The van der Waals surface area contributed by atoms with Crippen LogP contribution in [0.5, 0.6) is 11.5 Å². The summed E-state index contributed by atoms with van der Waals surface area (Å²) in [5.41, 5.74) is 2.90. The van der Waals surface area contributed by atoms with Crippen molar-refractivity contribution in [2.45, 2.75) is 13.5 Å². The van der Waals surface area contributed by atoms with Crippen molar-refractivity contribution in [2.24, 2.45) is 0 Å². The highest BCUT2D eigenvalue weighted by Gasteiger charge is 2.14. The standard InChI is InChI=1S/C26H22N2O4/c1-18-8-11-21(12-9-18)26(30)32-23-13-10-20(15-24(23)31-2)14-22(16-27)25(29)28-17-19-6-4-3-5-7-19/h3-15H,17H2,1-2H3,(H,28,29)/b22-14+. The second-order valence-corrected chi connectivity index (χ2v) is 7.00. The summed E-state index contributed by atoms with van der Waals surface area (Å²) in [7, 11) is 1.45. The molecule has 0 aliphatic rings. The first-order valence-corrected chi connectivity index (χ1v) is 9.91. The van der Waals surface area contributed by atoms with Gasteiger partial charge in [0.05, 0.1) is 12.7 Å². The average molecular weight is 426 g/mol. The molecule has 0 unspecified atom stereocenters. The zero-order chi connectivity index (χ0) is 22.9. The third-order valence-corrected chi connectivity index (χ3v) is 4.65. The van der Waals surface area contributed by atoms with Crippen LogP contribution in [0.2, 0.25) is 0 Å². The van der Waals surface area contributed by atoms with E-state index in [-0.39, 0.29) is 11.3 Å². The van der Waals surface area contributed by atoms with Gasteiger partial charge in [0.25, 0.3) is 5.91 Å². The number of nitriles is 1. The number of aryl methyl sites for hydroxylation is 1. The van der Waals surface area contributed by atoms with Crippen molar-refractivity contribution < 1.29 is 19.1 Å². The Labute approximate surface area is 186 Å². The minimum absolute atomic E-state index is 0.0487. The van der Waals surface area contributed by atoms with Gasteiger partial charge >= 0.3 is 5.97 Å². The zero-order valence-corrected chi connectivity index (χ0v) is 17.8. The predicted octanol–water partition coefficient (Wildman–Crippen LogP) is 4.45. The first-order valence-electron chi connectivity index (χ1n) is 9.91. The number of amides is 1. The number of hydrogen-bond donors (Lipinski definition) is 1. The molecule has 0 saturated carbocycles. The maximum atomic E-state index is 12.4. The molecule has 6 nitrogen and oxygen atoms in total. The van der Waals surface area contributed by atoms with Gasteiger partial charge in [-0.2, -0.15) is 5.26 Å². The van der Waals surface area contributed by atoms with E-state index in [1.165, 1.54) is 13.2 Å². The number of nitrogens with one attached hydrogen (secondary N) is 1. The number of ether oxygens (including phenoxy) is 2. The second-order valence-electron chi connectivity index (χ2n) is 7.00. The molecule has 0 spiro atoms. The van der Waals surface area contributed by atoms with Crippen molar-refractivity contribution in [1.29, 1.82) is 5.26 Å². The van der Waals surface area contributed by atoms with Gasteiger partial charge in [-0.05, 0) is 48.4 Å². The van der Waals surface area contributed by atoms with Crippen molar-refractivity contribution in [3.05, 3.63) is 101 Å². The van der Waals surface area contributed by atoms with Gasteiger partial charge in [0.2, 0.25) is 0 Å². The Hall–Kier alpha value is -4.37. The molecule has 0 aliphatic carbocycles. The van der Waals surface area contributed by atoms with Crippen LogP contribution in [0.3, 0.4) is 0 Å². The maximum Gasteiger partial charge on any atom is 0.343 e. The Kier molecular flexibility index (Phi) is 7.39. The van der Waals surface area contributed by atoms with E-state index in [1.54, 1.807) is 30.3 Å². The van der Waals surface area contributed by atoms with Gasteiger partial charge in [0.1, 0.15) is 11.6 Å². The van der Waals surface area contributed by atoms with Gasteiger partial charge in [0.15, 0.2) is 11.5 Å². The number of esters is 1. The van der Waals surface area contributed by atoms with Crippen LogP contribution in [-0.4, -0.2) is 19.0 Å². The summed E-state index contributed by atoms with van der Waals surface area (Å²) in [5, 5.41) is 12.1. The SMILES string of the molecule is COc1cc(/C=C(\C#N)C(=O)NCc2ccccc2)ccc1OC(=O)c1ccc(C)cc1. The molecular formula is C26H22N2O4. The number of carbonyl (C=O) groups is 2. The quantitative estimate of drug-likeness (QED) is 0.261. The molecule has 0 aliphatic heterocycles. The molecule has 6 heteroatoms. The summed E-state index contributed by atoms with van der Waals surface area (Å²) in [4.78, 5) is 24.8. The largest absolute Gasteiger partial charge is 0.493 e. The second kappa shape index (κ2) is 10.6. The van der Waals surface area contributed by atoms with Crippen LogP contribution in [0.1, 0.15) is 27.0 Å². The molecule has 0 bridgehead atoms. The van der Waals surface area contributed by atoms with Crippen LogP contribution in [0.4, 0.5) is 0 Å². The van der Waals surface area contributed by atoms with Crippen molar-refractivity contribution in [3.63, 3.8) is 0 Å². The Morgan fingerprint density at radius 1 is 1.00 bits per heavy atom. The van der Waals surface area contributed by atoms with E-state index in [4.69, 9.17) is 9.47 Å². The van der Waals surface area contributed by atoms with Crippen molar-refractivity contribution in [1.82, 2.24) is 5.32 Å². The number of hydrogen-bond acceptors (Lipinski definition) is 5. The molecule has 0 aromatic heterocycles. The Morgan fingerprint density at radius 3 is 2.38 bits per heavy atom. The first-order chi connectivity index (χ1) is 15.5. The molecule has 0 heterocycles. The molecule has 1 amide bonds. The lowest BCUT2D eigenvalue weighted by Gasteiger charge is -2.10. The minimum Gasteiger partial charge on any atom is -0.493 e. The molecule has 3 rings (SSSR count). The number of nitrogens with zero attached hydrogens (tertiary/aromatic N) is 1. The summed E-state index contributed by atoms with van der Waals surface area (Å²) in [5.74, 6) is -0.446. The van der Waals surface area contributed by atoms with E-state index in [1.807, 2.05) is 55.5 Å². The van der Waals surface area contributed by atoms with E-state index in [9.17, 15) is 14.9 Å². The van der Waals surface area contributed by atoms with Crippen molar-refractivity contribution in [2.75, 3.05) is 7.11 Å². The average Bonchev–Trinajstić information content (AvgIpc) is 2.82. The van der Waals surface area contributed by atoms with Gasteiger partial charge in [-0.15, -0.1) is 0 Å². The van der Waals surface area contributed by atoms with Gasteiger partial charge in [0, 0.05) is 6.54 Å². The third kappa shape index (κ3) is 5.83. The molecule has 0 radical (unpaired) electrons. The summed E-state index contributed by atoms with van der Waals surface area (Å²) >= 11 is 0. The highest BCUT2D eigenvalue weighted by Crippen LogP contribution is 2.29. The lowest BCUT2D eigenvalue weighted by molar-refractivity contribution is -0.117. The monoisotopic (exact) mass is 426 g/mol. The summed E-state index contributed by atoms with van der Waals surface area (Å²) < 4.78 is 10.8. The zero-order valence-electron chi connectivity index (χ0n) is 17.8. The minimum atomic E-state index is -0.510. The Bertz CT molecular complexity index is 1180. The van der Waals surface area contributed by atoms with Crippen molar-refractivity contribution >= 4 is 18.0 Å². The van der Waals surface area contributed by atoms with Crippen LogP contribution in [0, 0.1) is 18.3 Å². The number of benzene rings is 3. The number of rotatable bonds is 7. The number of carbonyl (C=O) groups excluding carboxylic acids is 2. The molecule has 0 saturated heterocycles. The summed E-state index contributed by atoms with van der Waals surface area (Å²) in [6, 6.07) is 23.2. The molecule has 1 N–H and O–H groups in total. The van der Waals surface area contributed by atoms with Gasteiger partial charge < -0.3 is 14.8 Å². The highest BCUT2D eigenvalue weighted by atomic mass is 16.6. The predicted molar refractivity (Wildman–Crippen MR) is 121 cm³/mol. The van der Waals surface area contributed by atoms with E-state index >= 15 is 0 Å². The van der Waals surface area contributed by atoms with E-state index < -0.39 is 11.9 Å². The first kappa shape index (κ1) is 22.3. The lowest BCUT2D eigenvalue weighted by Crippen LogP contribution is -2.23. The molecule has 3 aromatic rings. The molecule has 32 heavy (non-hydrogen) atoms. The van der Waals surface area contributed by atoms with Crippen LogP contribution in [0.25, 0.3) is 6.08 Å². The third-order valence-electron chi connectivity index (χ3n) is 4.65. The summed E-state index contributed by atoms with van der Waals surface area (Å²) in [6.07, 6.45) is 1.45. The lowest BCUT2D eigenvalue weighted by atomic mass is 10.1. The molecule has 0 atom stereocenters. The Balaban J connectivity index is 1.73. The van der Waals surface area contributed by atoms with E-state index in [2.05, 4.69) is 5.32 Å². The van der Waals surface area contributed by atoms with Crippen LogP contribution < -0.4 is 14.8 Å². The van der Waals surface area contributed by atoms with Crippen LogP contribution in [-0.2, 0) is 11.3 Å². The van der Waals surface area contributed by atoms with Gasteiger partial charge in [-0.3, -0.25) is 4.79 Å². The smallest absolute Gasteiger partial charge is 0.343 e. The highest BCUT2D eigenvalue weighted by molar-refractivity contribution is 6.01. The fourth-order valence-electron chi connectivity index (χ4n) is 2.90. The van der Waals surface area contributed by atoms with Crippen molar-refractivity contribution in [3.8, 4) is 17.6 Å². The fraction of sp³-hybridized carbons (Fsp3) is 0.115. The van der Waals surface area contributed by atoms with Crippen LogP contribution in [0.15, 0.2) is 78.4 Å². The summed E-state index contributed by atoms with van der Waals surface area (Å²) in [6.45, 7) is 2.25. The van der Waals surface area contributed by atoms with E-state index in [0.29, 0.717) is 23.4 Å². The molecule has 0 fully saturated rings. The maximum absolute atomic E-state index is 12.4. The fourth-order valence-corrected chi connectivity index (χ4v) is 2.90. The molecule has 3 aromatic carbocycles. The topological polar surface area (TPSA) is 88.4 Å². The normalized spacial score (nSPS) is 10.7. The van der Waals surface area contributed by atoms with E-state index in [0.717, 1.165) is 11.1 Å². The Morgan fingerprint density at radius 2 is 1.72 bits per heavy atom. The van der Waals surface area contributed by atoms with Gasteiger partial charge in [-0.25, -0.2) is 4.79 Å². The van der Waals surface area contributed by atoms with Gasteiger partial charge in [-0.1, -0.05) is 54.1 Å².